The molecular formula is C12H18N4. The lowest BCUT2D eigenvalue weighted by atomic mass is 10.0. The number of nitrogens with zero attached hydrogens (tertiary/aromatic N) is 3. The Morgan fingerprint density at radius 3 is 3.00 bits per heavy atom. The van der Waals surface area contributed by atoms with Crippen molar-refractivity contribution in [3.8, 4) is 6.07 Å². The molecule has 0 aliphatic heterocycles. The predicted molar refractivity (Wildman–Crippen MR) is 61.5 cm³/mol. The van der Waals surface area contributed by atoms with Gasteiger partial charge in [-0.25, -0.2) is 4.98 Å². The first-order valence-electron chi connectivity index (χ1n) is 5.78. The highest BCUT2D eigenvalue weighted by Gasteiger charge is 2.42. The normalized spacial score (nSPS) is 19.1. The number of aromatic nitrogens is 2. The smallest absolute Gasteiger partial charge is 0.110 e. The molecular weight excluding hydrogens is 200 g/mol. The fourth-order valence-corrected chi connectivity index (χ4v) is 2.06. The van der Waals surface area contributed by atoms with Crippen LogP contribution in [0.5, 0.6) is 0 Å². The van der Waals surface area contributed by atoms with Gasteiger partial charge in [-0.1, -0.05) is 0 Å². The predicted octanol–water partition coefficient (Wildman–Crippen LogP) is 1.47. The molecule has 16 heavy (non-hydrogen) atoms. The van der Waals surface area contributed by atoms with Gasteiger partial charge in [-0.15, -0.1) is 0 Å². The largest absolute Gasteiger partial charge is 0.334 e. The van der Waals surface area contributed by atoms with Crippen molar-refractivity contribution in [2.45, 2.75) is 45.2 Å². The Balaban J connectivity index is 2.05. The summed E-state index contributed by atoms with van der Waals surface area (Å²) in [5, 5.41) is 8.79. The summed E-state index contributed by atoms with van der Waals surface area (Å²) in [7, 11) is 0. The monoisotopic (exact) mass is 218 g/mol. The maximum Gasteiger partial charge on any atom is 0.110 e. The van der Waals surface area contributed by atoms with E-state index in [1.165, 1.54) is 0 Å². The highest BCUT2D eigenvalue weighted by atomic mass is 15.1. The van der Waals surface area contributed by atoms with Crippen molar-refractivity contribution in [1.82, 2.24) is 9.55 Å². The van der Waals surface area contributed by atoms with Crippen molar-refractivity contribution in [2.75, 3.05) is 0 Å². The van der Waals surface area contributed by atoms with Gasteiger partial charge in [-0.2, -0.15) is 5.26 Å². The van der Waals surface area contributed by atoms with Gasteiger partial charge in [0.2, 0.25) is 0 Å². The van der Waals surface area contributed by atoms with Crippen molar-refractivity contribution >= 4 is 0 Å². The summed E-state index contributed by atoms with van der Waals surface area (Å²) in [6.45, 7) is 2.91. The van der Waals surface area contributed by atoms with Crippen LogP contribution in [0, 0.1) is 16.7 Å². The molecule has 86 valence electrons. The molecule has 1 saturated carbocycles. The van der Waals surface area contributed by atoms with Gasteiger partial charge < -0.3 is 10.3 Å². The Labute approximate surface area is 96.1 Å². The zero-order valence-corrected chi connectivity index (χ0v) is 9.69. The zero-order chi connectivity index (χ0) is 11.6. The van der Waals surface area contributed by atoms with Gasteiger partial charge in [0, 0.05) is 43.2 Å². The molecule has 0 saturated heterocycles. The Hall–Kier alpha value is -1.34. The van der Waals surface area contributed by atoms with Gasteiger partial charge in [-0.3, -0.25) is 0 Å². The number of hydrogen-bond donors (Lipinski definition) is 1. The van der Waals surface area contributed by atoms with Crippen molar-refractivity contribution in [3.05, 3.63) is 18.2 Å². The van der Waals surface area contributed by atoms with Crippen LogP contribution < -0.4 is 5.73 Å². The van der Waals surface area contributed by atoms with Crippen LogP contribution in [-0.2, 0) is 13.0 Å². The summed E-state index contributed by atoms with van der Waals surface area (Å²) < 4.78 is 2.16. The van der Waals surface area contributed by atoms with Crippen LogP contribution >= 0.6 is 0 Å². The lowest BCUT2D eigenvalue weighted by Gasteiger charge is -2.15. The average molecular weight is 218 g/mol. The summed E-state index contributed by atoms with van der Waals surface area (Å²) in [6, 6.07) is 2.42. The van der Waals surface area contributed by atoms with Crippen LogP contribution in [0.2, 0.25) is 0 Å². The van der Waals surface area contributed by atoms with Crippen LogP contribution in [-0.4, -0.2) is 15.6 Å². The summed E-state index contributed by atoms with van der Waals surface area (Å²) in [5.74, 6) is 1.04. The average Bonchev–Trinajstić information content (AvgIpc) is 2.82. The van der Waals surface area contributed by atoms with Crippen LogP contribution in [0.25, 0.3) is 0 Å². The summed E-state index contributed by atoms with van der Waals surface area (Å²) in [6.07, 6.45) is 7.60. The molecule has 1 aromatic heterocycles. The molecule has 1 fully saturated rings. The minimum Gasteiger partial charge on any atom is -0.334 e. The molecule has 2 N–H and O–H groups in total. The first-order valence-corrected chi connectivity index (χ1v) is 5.78. The van der Waals surface area contributed by atoms with Gasteiger partial charge in [-0.05, 0) is 19.8 Å². The van der Waals surface area contributed by atoms with Crippen LogP contribution in [0.3, 0.4) is 0 Å². The van der Waals surface area contributed by atoms with Gasteiger partial charge in [0.1, 0.15) is 5.82 Å². The molecule has 2 rings (SSSR count). The van der Waals surface area contributed by atoms with E-state index >= 15 is 0 Å². The van der Waals surface area contributed by atoms with E-state index in [2.05, 4.69) is 15.6 Å². The van der Waals surface area contributed by atoms with Gasteiger partial charge in [0.25, 0.3) is 0 Å². The Morgan fingerprint density at radius 2 is 2.44 bits per heavy atom. The molecule has 4 heteroatoms. The molecule has 0 amide bonds. The van der Waals surface area contributed by atoms with Gasteiger partial charge in [0.15, 0.2) is 0 Å². The highest BCUT2D eigenvalue weighted by molar-refractivity contribution is 5.03. The molecule has 1 unspecified atom stereocenters. The van der Waals surface area contributed by atoms with E-state index in [0.29, 0.717) is 6.42 Å². The Kier molecular flexibility index (Phi) is 2.97. The molecule has 0 bridgehead atoms. The maximum atomic E-state index is 8.79. The first-order chi connectivity index (χ1) is 7.65. The van der Waals surface area contributed by atoms with E-state index in [4.69, 9.17) is 11.0 Å². The van der Waals surface area contributed by atoms with E-state index in [9.17, 15) is 0 Å². The van der Waals surface area contributed by atoms with Crippen molar-refractivity contribution < 1.29 is 0 Å². The number of nitrogens with two attached hydrogens (primary N) is 1. The van der Waals surface area contributed by atoms with Gasteiger partial charge in [0.05, 0.1) is 6.07 Å². The molecule has 1 aromatic rings. The van der Waals surface area contributed by atoms with E-state index in [1.807, 2.05) is 19.3 Å². The van der Waals surface area contributed by atoms with E-state index in [1.54, 1.807) is 0 Å². The lowest BCUT2D eigenvalue weighted by molar-refractivity contribution is 0.419. The number of imidazole rings is 1. The summed E-state index contributed by atoms with van der Waals surface area (Å²) >= 11 is 0. The summed E-state index contributed by atoms with van der Waals surface area (Å²) in [4.78, 5) is 4.33. The number of nitriles is 1. The second-order valence-electron chi connectivity index (χ2n) is 4.99. The maximum absolute atomic E-state index is 8.79. The van der Waals surface area contributed by atoms with E-state index < -0.39 is 0 Å². The molecule has 1 atom stereocenters. The zero-order valence-electron chi connectivity index (χ0n) is 9.69. The van der Waals surface area contributed by atoms with Crippen molar-refractivity contribution in [3.63, 3.8) is 0 Å². The van der Waals surface area contributed by atoms with Gasteiger partial charge >= 0.3 is 0 Å². The number of rotatable bonds is 5. The topological polar surface area (TPSA) is 67.6 Å². The molecule has 4 nitrogen and oxygen atoms in total. The van der Waals surface area contributed by atoms with Crippen molar-refractivity contribution in [2.24, 2.45) is 11.1 Å². The van der Waals surface area contributed by atoms with Crippen LogP contribution in [0.4, 0.5) is 0 Å². The summed E-state index contributed by atoms with van der Waals surface area (Å²) in [5.41, 5.74) is 6.01. The standard InChI is InChI=1S/C12H18N4/c1-10(14)8-11-15-6-7-16(11)9-12(2-3-12)4-5-13/h6-7,10H,2-4,8-9,14H2,1H3. The minimum absolute atomic E-state index is 0.132. The molecule has 1 aliphatic rings. The van der Waals surface area contributed by atoms with E-state index in [0.717, 1.165) is 31.6 Å². The second kappa shape index (κ2) is 4.26. The van der Waals surface area contributed by atoms with E-state index in [-0.39, 0.29) is 11.5 Å². The molecule has 0 aromatic carbocycles. The van der Waals surface area contributed by atoms with Crippen molar-refractivity contribution in [1.29, 1.82) is 5.26 Å². The minimum atomic E-state index is 0.132. The van der Waals surface area contributed by atoms with Crippen LogP contribution in [0.1, 0.15) is 32.0 Å². The fourth-order valence-electron chi connectivity index (χ4n) is 2.06. The molecule has 1 aliphatic carbocycles. The third kappa shape index (κ3) is 2.42. The Bertz CT molecular complexity index is 395. The molecule has 0 radical (unpaired) electrons. The van der Waals surface area contributed by atoms with Crippen LogP contribution in [0.15, 0.2) is 12.4 Å². The molecule has 0 spiro atoms. The third-order valence-corrected chi connectivity index (χ3v) is 3.22. The second-order valence-corrected chi connectivity index (χ2v) is 4.99. The molecule has 1 heterocycles. The Morgan fingerprint density at radius 1 is 1.69 bits per heavy atom. The highest BCUT2D eigenvalue weighted by Crippen LogP contribution is 2.50. The third-order valence-electron chi connectivity index (χ3n) is 3.22. The fraction of sp³-hybridized carbons (Fsp3) is 0.667. The quantitative estimate of drug-likeness (QED) is 0.813. The first kappa shape index (κ1) is 11.2. The number of hydrogen-bond acceptors (Lipinski definition) is 3. The lowest BCUT2D eigenvalue weighted by Crippen LogP contribution is -2.22. The SMILES string of the molecule is CC(N)Cc1nccn1CC1(CC#N)CC1.